The van der Waals surface area contributed by atoms with Gasteiger partial charge in [0.15, 0.2) is 17.6 Å². The van der Waals surface area contributed by atoms with E-state index in [1.165, 1.54) is 19.1 Å². The van der Waals surface area contributed by atoms with Crippen LogP contribution in [0.25, 0.3) is 0 Å². The van der Waals surface area contributed by atoms with Gasteiger partial charge in [0.2, 0.25) is 12.7 Å². The Morgan fingerprint density at radius 2 is 1.76 bits per heavy atom. The van der Waals surface area contributed by atoms with Crippen LogP contribution in [0.15, 0.2) is 36.4 Å². The zero-order valence-corrected chi connectivity index (χ0v) is 16.4. The molecule has 0 saturated heterocycles. The summed E-state index contributed by atoms with van der Waals surface area (Å²) in [6.07, 6.45) is -1.07. The smallest absolute Gasteiger partial charge is 0.339 e. The molecule has 1 atom stereocenters. The molecule has 29 heavy (non-hydrogen) atoms. The Kier molecular flexibility index (Phi) is 6.01. The molecule has 1 aliphatic heterocycles. The summed E-state index contributed by atoms with van der Waals surface area (Å²) < 4.78 is 15.6. The van der Waals surface area contributed by atoms with Gasteiger partial charge in [0, 0.05) is 5.69 Å². The van der Waals surface area contributed by atoms with E-state index in [1.807, 2.05) is 32.0 Å². The molecule has 152 valence electrons. The number of hydrogen-bond donors (Lipinski definition) is 2. The van der Waals surface area contributed by atoms with E-state index < -0.39 is 18.0 Å². The zero-order chi connectivity index (χ0) is 21.0. The summed E-state index contributed by atoms with van der Waals surface area (Å²) in [5.74, 6) is -0.631. The molecular weight excluding hydrogens is 376 g/mol. The van der Waals surface area contributed by atoms with Crippen molar-refractivity contribution in [2.75, 3.05) is 18.7 Å². The Morgan fingerprint density at radius 1 is 1.07 bits per heavy atom. The molecule has 1 aliphatic rings. The number of anilines is 1. The molecule has 2 aromatic carbocycles. The van der Waals surface area contributed by atoms with Gasteiger partial charge in [0.05, 0.1) is 12.1 Å². The van der Waals surface area contributed by atoms with E-state index in [2.05, 4.69) is 10.6 Å². The number of carbonyl (C=O) groups excluding carboxylic acids is 3. The lowest BCUT2D eigenvalue weighted by Gasteiger charge is -2.15. The third-order valence-corrected chi connectivity index (χ3v) is 4.43. The fraction of sp³-hybridized carbons (Fsp3) is 0.286. The maximum absolute atomic E-state index is 12.2. The maximum Gasteiger partial charge on any atom is 0.339 e. The van der Waals surface area contributed by atoms with Crippen molar-refractivity contribution in [2.45, 2.75) is 26.9 Å². The van der Waals surface area contributed by atoms with Crippen molar-refractivity contribution in [2.24, 2.45) is 0 Å². The van der Waals surface area contributed by atoms with Gasteiger partial charge >= 0.3 is 5.97 Å². The van der Waals surface area contributed by atoms with Crippen LogP contribution in [0.2, 0.25) is 0 Å². The van der Waals surface area contributed by atoms with Crippen molar-refractivity contribution >= 4 is 23.5 Å². The van der Waals surface area contributed by atoms with Gasteiger partial charge in [-0.2, -0.15) is 0 Å². The highest BCUT2D eigenvalue weighted by atomic mass is 16.7. The van der Waals surface area contributed by atoms with E-state index in [-0.39, 0.29) is 24.8 Å². The van der Waals surface area contributed by atoms with Crippen LogP contribution in [0.1, 0.15) is 28.4 Å². The van der Waals surface area contributed by atoms with E-state index in [1.54, 1.807) is 6.07 Å². The first kappa shape index (κ1) is 20.2. The summed E-state index contributed by atoms with van der Waals surface area (Å²) in [6, 6.07) is 10.3. The van der Waals surface area contributed by atoms with Crippen LogP contribution in [0.3, 0.4) is 0 Å². The second-order valence-corrected chi connectivity index (χ2v) is 6.65. The third kappa shape index (κ3) is 4.84. The Labute approximate surface area is 168 Å². The van der Waals surface area contributed by atoms with E-state index in [9.17, 15) is 14.4 Å². The molecule has 2 amide bonds. The van der Waals surface area contributed by atoms with Gasteiger partial charge in [-0.3, -0.25) is 9.59 Å². The predicted octanol–water partition coefficient (Wildman–Crippen LogP) is 2.33. The van der Waals surface area contributed by atoms with Crippen LogP contribution in [-0.4, -0.2) is 37.2 Å². The lowest BCUT2D eigenvalue weighted by Crippen LogP contribution is -2.40. The molecule has 1 unspecified atom stereocenters. The SMILES string of the molecule is Cc1cccc(C)c1NC(=O)CNC(=O)C(C)OC(=O)c1ccc2c(c1)OCO2. The molecule has 2 N–H and O–H groups in total. The molecule has 3 rings (SSSR count). The molecule has 8 heteroatoms. The Balaban J connectivity index is 1.50. The molecule has 0 radical (unpaired) electrons. The zero-order valence-electron chi connectivity index (χ0n) is 16.4. The molecule has 1 heterocycles. The minimum atomic E-state index is -1.07. The summed E-state index contributed by atoms with van der Waals surface area (Å²) in [5.41, 5.74) is 2.81. The highest BCUT2D eigenvalue weighted by Crippen LogP contribution is 2.32. The fourth-order valence-corrected chi connectivity index (χ4v) is 2.81. The Morgan fingerprint density at radius 3 is 2.48 bits per heavy atom. The van der Waals surface area contributed by atoms with Crippen molar-refractivity contribution in [1.29, 1.82) is 0 Å². The second-order valence-electron chi connectivity index (χ2n) is 6.65. The van der Waals surface area contributed by atoms with Crippen molar-refractivity contribution in [3.8, 4) is 11.5 Å². The molecule has 0 saturated carbocycles. The number of hydrogen-bond acceptors (Lipinski definition) is 6. The number of benzene rings is 2. The second kappa shape index (κ2) is 8.64. The quantitative estimate of drug-likeness (QED) is 0.724. The van der Waals surface area contributed by atoms with Gasteiger partial charge in [-0.1, -0.05) is 18.2 Å². The number of rotatable bonds is 6. The summed E-state index contributed by atoms with van der Waals surface area (Å²) in [7, 11) is 0. The van der Waals surface area contributed by atoms with Gasteiger partial charge in [0.25, 0.3) is 5.91 Å². The van der Waals surface area contributed by atoms with Gasteiger partial charge in [-0.05, 0) is 50.1 Å². The molecule has 0 bridgehead atoms. The molecule has 8 nitrogen and oxygen atoms in total. The summed E-state index contributed by atoms with van der Waals surface area (Å²) in [6.45, 7) is 5.07. The average Bonchev–Trinajstić information content (AvgIpc) is 3.16. The molecule has 0 spiro atoms. The van der Waals surface area contributed by atoms with Crippen molar-refractivity contribution in [1.82, 2.24) is 5.32 Å². The van der Waals surface area contributed by atoms with E-state index in [4.69, 9.17) is 14.2 Å². The first-order chi connectivity index (χ1) is 13.8. The number of esters is 1. The average molecular weight is 398 g/mol. The van der Waals surface area contributed by atoms with Crippen LogP contribution in [0.5, 0.6) is 11.5 Å². The van der Waals surface area contributed by atoms with E-state index >= 15 is 0 Å². The van der Waals surface area contributed by atoms with Gasteiger partial charge in [-0.25, -0.2) is 4.79 Å². The van der Waals surface area contributed by atoms with Crippen molar-refractivity contribution in [3.63, 3.8) is 0 Å². The Bertz CT molecular complexity index is 936. The number of aryl methyl sites for hydroxylation is 2. The van der Waals surface area contributed by atoms with Crippen LogP contribution < -0.4 is 20.1 Å². The van der Waals surface area contributed by atoms with Gasteiger partial charge in [0.1, 0.15) is 0 Å². The molecule has 2 aromatic rings. The maximum atomic E-state index is 12.2. The largest absolute Gasteiger partial charge is 0.454 e. The molecule has 0 fully saturated rings. The van der Waals surface area contributed by atoms with Crippen molar-refractivity contribution in [3.05, 3.63) is 53.1 Å². The predicted molar refractivity (Wildman–Crippen MR) is 105 cm³/mol. The Hall–Kier alpha value is -3.55. The minimum Gasteiger partial charge on any atom is -0.454 e. The van der Waals surface area contributed by atoms with E-state index in [0.29, 0.717) is 17.2 Å². The summed E-state index contributed by atoms with van der Waals surface area (Å²) in [4.78, 5) is 36.5. The van der Waals surface area contributed by atoms with Crippen LogP contribution >= 0.6 is 0 Å². The van der Waals surface area contributed by atoms with Crippen LogP contribution in [0, 0.1) is 13.8 Å². The summed E-state index contributed by atoms with van der Waals surface area (Å²) in [5, 5.41) is 5.24. The number of para-hydroxylation sites is 1. The third-order valence-electron chi connectivity index (χ3n) is 4.43. The van der Waals surface area contributed by atoms with Crippen LogP contribution in [0.4, 0.5) is 5.69 Å². The molecule has 0 aromatic heterocycles. The number of ether oxygens (including phenoxy) is 3. The topological polar surface area (TPSA) is 103 Å². The van der Waals surface area contributed by atoms with E-state index in [0.717, 1.165) is 11.1 Å². The lowest BCUT2D eigenvalue weighted by molar-refractivity contribution is -0.130. The minimum absolute atomic E-state index is 0.0940. The summed E-state index contributed by atoms with van der Waals surface area (Å²) >= 11 is 0. The van der Waals surface area contributed by atoms with Gasteiger partial charge in [-0.15, -0.1) is 0 Å². The first-order valence-electron chi connectivity index (χ1n) is 9.09. The molecular formula is C21H22N2O6. The normalized spacial score (nSPS) is 12.8. The monoisotopic (exact) mass is 398 g/mol. The first-order valence-corrected chi connectivity index (χ1v) is 9.09. The fourth-order valence-electron chi connectivity index (χ4n) is 2.81. The standard InChI is InChI=1S/C21H22N2O6/c1-12-5-4-6-13(2)19(12)23-18(24)10-22-20(25)14(3)29-21(26)15-7-8-16-17(9-15)28-11-27-16/h4-9,14H,10-11H2,1-3H3,(H,22,25)(H,23,24). The lowest BCUT2D eigenvalue weighted by atomic mass is 10.1. The number of nitrogens with one attached hydrogen (secondary N) is 2. The number of amides is 2. The van der Waals surface area contributed by atoms with Crippen molar-refractivity contribution < 1.29 is 28.6 Å². The molecule has 0 aliphatic carbocycles. The number of fused-ring (bicyclic) bond motifs is 1. The highest BCUT2D eigenvalue weighted by molar-refractivity contribution is 5.97. The highest BCUT2D eigenvalue weighted by Gasteiger charge is 2.22. The van der Waals surface area contributed by atoms with Crippen LogP contribution in [-0.2, 0) is 14.3 Å². The van der Waals surface area contributed by atoms with Gasteiger partial charge < -0.3 is 24.8 Å². The number of carbonyl (C=O) groups is 3.